The van der Waals surface area contributed by atoms with Crippen LogP contribution in [0, 0.1) is 0 Å². The zero-order chi connectivity index (χ0) is 14.3. The molecule has 0 bridgehead atoms. The highest BCUT2D eigenvalue weighted by atomic mass is 32.2. The molecule has 0 aliphatic heterocycles. The van der Waals surface area contributed by atoms with E-state index in [1.807, 2.05) is 6.92 Å². The van der Waals surface area contributed by atoms with Gasteiger partial charge >= 0.3 is 5.69 Å². The van der Waals surface area contributed by atoms with E-state index in [4.69, 9.17) is 0 Å². The lowest BCUT2D eigenvalue weighted by Crippen LogP contribution is -2.32. The third-order valence-corrected chi connectivity index (χ3v) is 3.69. The number of aromatic hydroxyl groups is 1. The lowest BCUT2D eigenvalue weighted by molar-refractivity contribution is 0.386. The summed E-state index contributed by atoms with van der Waals surface area (Å²) in [6, 6.07) is 0. The monoisotopic (exact) mass is 286 g/mol. The van der Waals surface area contributed by atoms with Crippen LogP contribution >= 0.6 is 11.8 Å². The van der Waals surface area contributed by atoms with E-state index in [1.165, 1.54) is 4.57 Å². The van der Waals surface area contributed by atoms with Gasteiger partial charge in [0.05, 0.1) is 5.56 Å². The highest BCUT2D eigenvalue weighted by Gasteiger charge is 2.12. The van der Waals surface area contributed by atoms with Gasteiger partial charge in [0.25, 0.3) is 5.56 Å². The topological polar surface area (TPSA) is 75.1 Å². The number of nitrogens with one attached hydrogen (secondary N) is 1. The van der Waals surface area contributed by atoms with Crippen molar-refractivity contribution in [2.75, 3.05) is 12.0 Å². The lowest BCUT2D eigenvalue weighted by atomic mass is 10.2. The van der Waals surface area contributed by atoms with Crippen LogP contribution in [0.1, 0.15) is 38.2 Å². The maximum Gasteiger partial charge on any atom is 0.331 e. The highest BCUT2D eigenvalue weighted by Crippen LogP contribution is 2.13. The van der Waals surface area contributed by atoms with E-state index in [9.17, 15) is 14.7 Å². The molecule has 1 heterocycles. The summed E-state index contributed by atoms with van der Waals surface area (Å²) >= 11 is 1.80. The molecule has 19 heavy (non-hydrogen) atoms. The second-order valence-electron chi connectivity index (χ2n) is 4.52. The Morgan fingerprint density at radius 2 is 2.00 bits per heavy atom. The average Bonchev–Trinajstić information content (AvgIpc) is 2.37. The van der Waals surface area contributed by atoms with E-state index < -0.39 is 11.2 Å². The third kappa shape index (κ3) is 4.45. The van der Waals surface area contributed by atoms with Gasteiger partial charge in [0.15, 0.2) is 0 Å². The Morgan fingerprint density at radius 1 is 1.26 bits per heavy atom. The van der Waals surface area contributed by atoms with Crippen molar-refractivity contribution in [2.24, 2.45) is 0 Å². The van der Waals surface area contributed by atoms with Crippen LogP contribution in [-0.2, 0) is 13.0 Å². The van der Waals surface area contributed by atoms with Crippen LogP contribution in [0.2, 0.25) is 0 Å². The van der Waals surface area contributed by atoms with Crippen molar-refractivity contribution in [3.63, 3.8) is 0 Å². The molecule has 0 aliphatic carbocycles. The first-order chi connectivity index (χ1) is 9.11. The van der Waals surface area contributed by atoms with Crippen molar-refractivity contribution in [3.05, 3.63) is 26.4 Å². The number of thioether (sulfide) groups is 1. The first-order valence-electron chi connectivity index (χ1n) is 6.65. The van der Waals surface area contributed by atoms with Crippen LogP contribution in [0.5, 0.6) is 5.88 Å². The molecule has 0 atom stereocenters. The van der Waals surface area contributed by atoms with Crippen molar-refractivity contribution in [1.29, 1.82) is 0 Å². The lowest BCUT2D eigenvalue weighted by Gasteiger charge is -2.10. The molecular weight excluding hydrogens is 264 g/mol. The Labute approximate surface area is 117 Å². The minimum atomic E-state index is -0.521. The summed E-state index contributed by atoms with van der Waals surface area (Å²) in [5.74, 6) is 0.939. The fraction of sp³-hybridized carbons (Fsp3) is 0.692. The summed E-state index contributed by atoms with van der Waals surface area (Å²) in [7, 11) is 0. The largest absolute Gasteiger partial charge is 0.494 e. The molecule has 0 saturated carbocycles. The zero-order valence-electron chi connectivity index (χ0n) is 11.6. The summed E-state index contributed by atoms with van der Waals surface area (Å²) in [4.78, 5) is 25.5. The van der Waals surface area contributed by atoms with Gasteiger partial charge in [0.2, 0.25) is 5.88 Å². The van der Waals surface area contributed by atoms with E-state index in [0.717, 1.165) is 31.4 Å². The summed E-state index contributed by atoms with van der Waals surface area (Å²) in [5.41, 5.74) is -0.679. The molecule has 5 nitrogen and oxygen atoms in total. The van der Waals surface area contributed by atoms with Crippen LogP contribution in [0.15, 0.2) is 9.59 Å². The Morgan fingerprint density at radius 3 is 2.63 bits per heavy atom. The van der Waals surface area contributed by atoms with Gasteiger partial charge in [-0.2, -0.15) is 11.8 Å². The van der Waals surface area contributed by atoms with Crippen molar-refractivity contribution >= 4 is 11.8 Å². The smallest absolute Gasteiger partial charge is 0.331 e. The molecule has 108 valence electrons. The SMILES string of the molecule is CCCc1c(O)n(CCCCCSC)c(=O)[nH]c1=O. The quantitative estimate of drug-likeness (QED) is 0.714. The van der Waals surface area contributed by atoms with Crippen LogP contribution in [0.3, 0.4) is 0 Å². The normalized spacial score (nSPS) is 10.8. The number of hydrogen-bond acceptors (Lipinski definition) is 4. The summed E-state index contributed by atoms with van der Waals surface area (Å²) in [6.07, 6.45) is 6.23. The molecule has 0 fully saturated rings. The highest BCUT2D eigenvalue weighted by molar-refractivity contribution is 7.98. The number of aromatic amines is 1. The van der Waals surface area contributed by atoms with E-state index in [0.29, 0.717) is 18.5 Å². The molecule has 0 unspecified atom stereocenters. The second-order valence-corrected chi connectivity index (χ2v) is 5.50. The Kier molecular flexibility index (Phi) is 6.77. The van der Waals surface area contributed by atoms with Gasteiger partial charge in [-0.25, -0.2) is 4.79 Å². The van der Waals surface area contributed by atoms with E-state index >= 15 is 0 Å². The fourth-order valence-corrected chi connectivity index (χ4v) is 2.47. The van der Waals surface area contributed by atoms with Gasteiger partial charge in [0.1, 0.15) is 0 Å². The third-order valence-electron chi connectivity index (χ3n) is 3.00. The maximum absolute atomic E-state index is 11.7. The van der Waals surface area contributed by atoms with Crippen LogP contribution in [0.25, 0.3) is 0 Å². The van der Waals surface area contributed by atoms with Crippen molar-refractivity contribution in [3.8, 4) is 5.88 Å². The number of nitrogens with zero attached hydrogens (tertiary/aromatic N) is 1. The van der Waals surface area contributed by atoms with Gasteiger partial charge in [-0.1, -0.05) is 19.8 Å². The van der Waals surface area contributed by atoms with Crippen molar-refractivity contribution in [2.45, 2.75) is 45.6 Å². The van der Waals surface area contributed by atoms with Gasteiger partial charge in [-0.3, -0.25) is 14.3 Å². The number of rotatable bonds is 8. The molecule has 6 heteroatoms. The molecule has 0 amide bonds. The molecule has 0 radical (unpaired) electrons. The van der Waals surface area contributed by atoms with E-state index in [2.05, 4.69) is 11.2 Å². The van der Waals surface area contributed by atoms with Gasteiger partial charge in [-0.05, 0) is 31.3 Å². The van der Waals surface area contributed by atoms with E-state index in [-0.39, 0.29) is 5.88 Å². The summed E-state index contributed by atoms with van der Waals surface area (Å²) in [6.45, 7) is 2.38. The molecule has 1 rings (SSSR count). The predicted molar refractivity (Wildman–Crippen MR) is 79.2 cm³/mol. The van der Waals surface area contributed by atoms with Crippen molar-refractivity contribution in [1.82, 2.24) is 9.55 Å². The first-order valence-corrected chi connectivity index (χ1v) is 8.05. The van der Waals surface area contributed by atoms with Gasteiger partial charge in [0, 0.05) is 6.54 Å². The Hall–Kier alpha value is -1.17. The fourth-order valence-electron chi connectivity index (χ4n) is 1.98. The van der Waals surface area contributed by atoms with Gasteiger partial charge in [-0.15, -0.1) is 0 Å². The number of unbranched alkanes of at least 4 members (excludes halogenated alkanes) is 2. The Balaban J connectivity index is 2.80. The minimum absolute atomic E-state index is 0.166. The molecule has 0 spiro atoms. The maximum atomic E-state index is 11.7. The molecule has 1 aromatic heterocycles. The van der Waals surface area contributed by atoms with Gasteiger partial charge < -0.3 is 5.11 Å². The minimum Gasteiger partial charge on any atom is -0.494 e. The Bertz CT molecular complexity index is 508. The predicted octanol–water partition coefficient (Wildman–Crippen LogP) is 1.73. The molecule has 0 saturated heterocycles. The summed E-state index contributed by atoms with van der Waals surface area (Å²) < 4.78 is 1.27. The molecule has 2 N–H and O–H groups in total. The summed E-state index contributed by atoms with van der Waals surface area (Å²) in [5, 5.41) is 10.0. The van der Waals surface area contributed by atoms with Crippen LogP contribution < -0.4 is 11.2 Å². The number of hydrogen-bond donors (Lipinski definition) is 2. The van der Waals surface area contributed by atoms with E-state index in [1.54, 1.807) is 11.8 Å². The number of aromatic nitrogens is 2. The average molecular weight is 286 g/mol. The van der Waals surface area contributed by atoms with Crippen LogP contribution in [0.4, 0.5) is 0 Å². The number of H-pyrrole nitrogens is 1. The zero-order valence-corrected chi connectivity index (χ0v) is 12.4. The second kappa shape index (κ2) is 8.09. The molecular formula is C13H22N2O3S. The first kappa shape index (κ1) is 15.9. The van der Waals surface area contributed by atoms with Crippen LogP contribution in [-0.4, -0.2) is 26.7 Å². The van der Waals surface area contributed by atoms with Crippen molar-refractivity contribution < 1.29 is 5.11 Å². The molecule has 1 aromatic rings. The molecule has 0 aliphatic rings. The molecule has 0 aromatic carbocycles. The standard InChI is InChI=1S/C13H22N2O3S/c1-3-7-10-11(16)14-13(18)15(12(10)17)8-5-4-6-9-19-2/h17H,3-9H2,1-2H3,(H,14,16,18).